The van der Waals surface area contributed by atoms with Crippen LogP contribution in [0.2, 0.25) is 0 Å². The maximum absolute atomic E-state index is 10.0. The quantitative estimate of drug-likeness (QED) is 0.667. The van der Waals surface area contributed by atoms with Gasteiger partial charge in [-0.15, -0.1) is 0 Å². The minimum absolute atomic E-state index is 0.490. The van der Waals surface area contributed by atoms with E-state index in [9.17, 15) is 5.11 Å². The van der Waals surface area contributed by atoms with Crippen molar-refractivity contribution in [1.82, 2.24) is 0 Å². The van der Waals surface area contributed by atoms with Crippen molar-refractivity contribution in [3.8, 4) is 5.75 Å². The van der Waals surface area contributed by atoms with E-state index in [0.29, 0.717) is 5.75 Å². The Morgan fingerprint density at radius 1 is 1.00 bits per heavy atom. The minimum atomic E-state index is 0.490. The zero-order chi connectivity index (χ0) is 9.54. The first kappa shape index (κ1) is 7.86. The summed E-state index contributed by atoms with van der Waals surface area (Å²) >= 11 is 0. The highest BCUT2D eigenvalue weighted by molar-refractivity contribution is 5.90. The molecule has 2 aromatic carbocycles. The van der Waals surface area contributed by atoms with Gasteiger partial charge < -0.3 is 5.11 Å². The Morgan fingerprint density at radius 3 is 2.79 bits per heavy atom. The van der Waals surface area contributed by atoms with Gasteiger partial charge in [-0.05, 0) is 41.8 Å². The smallest absolute Gasteiger partial charge is 0.126 e. The highest BCUT2D eigenvalue weighted by Gasteiger charge is 2.10. The second kappa shape index (κ2) is 2.74. The van der Waals surface area contributed by atoms with Gasteiger partial charge in [-0.1, -0.05) is 24.3 Å². The van der Waals surface area contributed by atoms with Crippen molar-refractivity contribution < 1.29 is 5.11 Å². The van der Waals surface area contributed by atoms with Crippen molar-refractivity contribution in [2.45, 2.75) is 19.3 Å². The Labute approximate surface area is 83.0 Å². The molecule has 0 saturated carbocycles. The highest BCUT2D eigenvalue weighted by atomic mass is 16.3. The van der Waals surface area contributed by atoms with E-state index in [0.717, 1.165) is 35.6 Å². The van der Waals surface area contributed by atoms with Crippen LogP contribution in [0.25, 0.3) is 10.8 Å². The van der Waals surface area contributed by atoms with Crippen LogP contribution >= 0.6 is 0 Å². The number of aromatic hydroxyl groups is 1. The number of fused-ring (bicyclic) bond motifs is 2. The lowest BCUT2D eigenvalue weighted by Crippen LogP contribution is -1.95. The van der Waals surface area contributed by atoms with Gasteiger partial charge in [-0.3, -0.25) is 0 Å². The van der Waals surface area contributed by atoms with Gasteiger partial charge in [0.25, 0.3) is 0 Å². The summed E-state index contributed by atoms with van der Waals surface area (Å²) in [6.45, 7) is 0. The molecule has 0 saturated heterocycles. The minimum Gasteiger partial charge on any atom is -0.507 e. The first-order valence-corrected chi connectivity index (χ1v) is 5.08. The molecule has 3 rings (SSSR count). The second-order valence-electron chi connectivity index (χ2n) is 3.98. The van der Waals surface area contributed by atoms with Gasteiger partial charge in [0.2, 0.25) is 0 Å². The fourth-order valence-electron chi connectivity index (χ4n) is 2.24. The molecule has 1 nitrogen and oxygen atoms in total. The maximum atomic E-state index is 10.0. The van der Waals surface area contributed by atoms with Crippen molar-refractivity contribution in [3.05, 3.63) is 41.5 Å². The molecule has 0 radical (unpaired) electrons. The molecule has 0 unspecified atom stereocenters. The number of benzene rings is 2. The Balaban J connectivity index is 2.47. The molecule has 3 bridgehead atoms. The predicted molar refractivity (Wildman–Crippen MR) is 57.6 cm³/mol. The maximum Gasteiger partial charge on any atom is 0.126 e. The zero-order valence-corrected chi connectivity index (χ0v) is 7.96. The summed E-state index contributed by atoms with van der Waals surface area (Å²) in [5.74, 6) is 0.490. The van der Waals surface area contributed by atoms with Crippen molar-refractivity contribution in [1.29, 1.82) is 0 Å². The van der Waals surface area contributed by atoms with Crippen LogP contribution in [0, 0.1) is 0 Å². The van der Waals surface area contributed by atoms with E-state index < -0.39 is 0 Å². The molecular formula is C13H12O. The summed E-state index contributed by atoms with van der Waals surface area (Å²) < 4.78 is 0. The van der Waals surface area contributed by atoms with Gasteiger partial charge >= 0.3 is 0 Å². The Morgan fingerprint density at radius 2 is 1.86 bits per heavy atom. The SMILES string of the molecule is Oc1c2ccc3ccc(cc13)CCC2. The summed E-state index contributed by atoms with van der Waals surface area (Å²) in [5, 5.41) is 12.2. The zero-order valence-electron chi connectivity index (χ0n) is 7.96. The fraction of sp³-hybridized carbons (Fsp3) is 0.231. The third-order valence-corrected chi connectivity index (χ3v) is 3.05. The first-order chi connectivity index (χ1) is 6.84. The van der Waals surface area contributed by atoms with E-state index in [1.54, 1.807) is 0 Å². The number of rotatable bonds is 0. The van der Waals surface area contributed by atoms with Crippen LogP contribution in [0.3, 0.4) is 0 Å². The van der Waals surface area contributed by atoms with Gasteiger partial charge in [-0.25, -0.2) is 0 Å². The molecule has 2 aromatic rings. The molecule has 0 fully saturated rings. The molecule has 1 heteroatoms. The molecule has 0 aliphatic heterocycles. The van der Waals surface area contributed by atoms with Crippen LogP contribution in [-0.4, -0.2) is 5.11 Å². The molecule has 1 aliphatic rings. The van der Waals surface area contributed by atoms with Crippen LogP contribution in [0.15, 0.2) is 30.3 Å². The predicted octanol–water partition coefficient (Wildman–Crippen LogP) is 3.03. The van der Waals surface area contributed by atoms with Gasteiger partial charge in [0.05, 0.1) is 0 Å². The van der Waals surface area contributed by atoms with Crippen LogP contribution in [0.5, 0.6) is 5.75 Å². The number of phenolic OH excluding ortho intramolecular Hbond substituents is 1. The van der Waals surface area contributed by atoms with Gasteiger partial charge in [0, 0.05) is 5.39 Å². The largest absolute Gasteiger partial charge is 0.507 e. The monoisotopic (exact) mass is 184 g/mol. The normalized spacial score (nSPS) is 14.6. The molecule has 0 amide bonds. The third kappa shape index (κ3) is 1.02. The van der Waals surface area contributed by atoms with E-state index in [1.165, 1.54) is 5.56 Å². The topological polar surface area (TPSA) is 20.2 Å². The average molecular weight is 184 g/mol. The number of hydrogen-bond donors (Lipinski definition) is 1. The molecule has 1 aliphatic carbocycles. The molecule has 0 heterocycles. The number of hydrogen-bond acceptors (Lipinski definition) is 1. The van der Waals surface area contributed by atoms with E-state index >= 15 is 0 Å². The van der Waals surface area contributed by atoms with Crippen molar-refractivity contribution in [3.63, 3.8) is 0 Å². The third-order valence-electron chi connectivity index (χ3n) is 3.05. The fourth-order valence-corrected chi connectivity index (χ4v) is 2.24. The summed E-state index contributed by atoms with van der Waals surface area (Å²) in [5.41, 5.74) is 2.43. The molecule has 70 valence electrons. The molecule has 0 aromatic heterocycles. The van der Waals surface area contributed by atoms with E-state index in [-0.39, 0.29) is 0 Å². The Bertz CT molecular complexity index is 495. The summed E-state index contributed by atoms with van der Waals surface area (Å²) in [6.07, 6.45) is 3.24. The van der Waals surface area contributed by atoms with Gasteiger partial charge in [0.1, 0.15) is 5.75 Å². The Hall–Kier alpha value is -1.50. The lowest BCUT2D eigenvalue weighted by Gasteiger charge is -2.13. The van der Waals surface area contributed by atoms with E-state index in [2.05, 4.69) is 24.3 Å². The molecule has 0 spiro atoms. The van der Waals surface area contributed by atoms with Crippen LogP contribution in [0.1, 0.15) is 17.5 Å². The molecule has 14 heavy (non-hydrogen) atoms. The summed E-state index contributed by atoms with van der Waals surface area (Å²) in [6, 6.07) is 10.5. The second-order valence-corrected chi connectivity index (χ2v) is 3.98. The number of phenols is 1. The average Bonchev–Trinajstić information content (AvgIpc) is 2.24. The Kier molecular flexibility index (Phi) is 1.54. The summed E-state index contributed by atoms with van der Waals surface area (Å²) in [4.78, 5) is 0. The van der Waals surface area contributed by atoms with Crippen LogP contribution in [0.4, 0.5) is 0 Å². The van der Waals surface area contributed by atoms with Crippen molar-refractivity contribution in [2.75, 3.05) is 0 Å². The highest BCUT2D eigenvalue weighted by Crippen LogP contribution is 2.32. The molecule has 0 atom stereocenters. The van der Waals surface area contributed by atoms with Crippen molar-refractivity contribution >= 4 is 10.8 Å². The lowest BCUT2D eigenvalue weighted by atomic mass is 9.94. The summed E-state index contributed by atoms with van der Waals surface area (Å²) in [7, 11) is 0. The van der Waals surface area contributed by atoms with Gasteiger partial charge in [0.15, 0.2) is 0 Å². The van der Waals surface area contributed by atoms with Crippen molar-refractivity contribution in [2.24, 2.45) is 0 Å². The van der Waals surface area contributed by atoms with Crippen LogP contribution < -0.4 is 0 Å². The standard InChI is InChI=1S/C13H12O/c14-13-11-3-1-2-9-4-5-10(6-7-11)12(13)8-9/h4-8,14H,1-3H2. The van der Waals surface area contributed by atoms with E-state index in [4.69, 9.17) is 0 Å². The van der Waals surface area contributed by atoms with Gasteiger partial charge in [-0.2, -0.15) is 0 Å². The van der Waals surface area contributed by atoms with E-state index in [1.807, 2.05) is 6.07 Å². The lowest BCUT2D eigenvalue weighted by molar-refractivity contribution is 0.473. The first-order valence-electron chi connectivity index (χ1n) is 5.08. The molecule has 1 N–H and O–H groups in total. The number of aryl methyl sites for hydroxylation is 2. The van der Waals surface area contributed by atoms with Crippen LogP contribution in [-0.2, 0) is 12.8 Å². The molecular weight excluding hydrogens is 172 g/mol.